The Labute approximate surface area is 78.1 Å². The molecule has 1 aromatic carbocycles. The van der Waals surface area contributed by atoms with Crippen LogP contribution in [0, 0.1) is 0 Å². The van der Waals surface area contributed by atoms with Gasteiger partial charge in [-0.3, -0.25) is 0 Å². The van der Waals surface area contributed by atoms with Crippen LogP contribution in [-0.2, 0) is 0 Å². The molecular formula is C10H15NO2. The highest BCUT2D eigenvalue weighted by atomic mass is 16.5. The van der Waals surface area contributed by atoms with E-state index >= 15 is 0 Å². The molecule has 72 valence electrons. The van der Waals surface area contributed by atoms with Crippen LogP contribution in [0.25, 0.3) is 0 Å². The Hall–Kier alpha value is -1.38. The van der Waals surface area contributed by atoms with Gasteiger partial charge in [-0.1, -0.05) is 19.4 Å². The fourth-order valence-electron chi connectivity index (χ4n) is 0.985. The third kappa shape index (κ3) is 2.54. The Balaban J connectivity index is 2.61. The number of anilines is 1. The molecule has 3 heteroatoms. The number of para-hydroxylation sites is 1. The summed E-state index contributed by atoms with van der Waals surface area (Å²) in [5, 5.41) is 9.25. The number of benzene rings is 1. The molecule has 0 aliphatic rings. The van der Waals surface area contributed by atoms with Crippen LogP contribution in [0.5, 0.6) is 11.5 Å². The van der Waals surface area contributed by atoms with Crippen LogP contribution in [0.15, 0.2) is 18.2 Å². The molecule has 0 heterocycles. The Kier molecular flexibility index (Phi) is 3.43. The van der Waals surface area contributed by atoms with Crippen LogP contribution in [-0.4, -0.2) is 11.7 Å². The average Bonchev–Trinajstić information content (AvgIpc) is 2.13. The van der Waals surface area contributed by atoms with Crippen molar-refractivity contribution < 1.29 is 9.84 Å². The first-order chi connectivity index (χ1) is 6.25. The third-order valence-corrected chi connectivity index (χ3v) is 1.80. The van der Waals surface area contributed by atoms with Gasteiger partial charge in [-0.25, -0.2) is 0 Å². The van der Waals surface area contributed by atoms with Gasteiger partial charge in [-0.05, 0) is 18.6 Å². The second-order valence-electron chi connectivity index (χ2n) is 2.89. The molecule has 0 unspecified atom stereocenters. The van der Waals surface area contributed by atoms with Crippen LogP contribution >= 0.6 is 0 Å². The molecule has 3 nitrogen and oxygen atoms in total. The van der Waals surface area contributed by atoms with E-state index in [-0.39, 0.29) is 5.75 Å². The highest BCUT2D eigenvalue weighted by Crippen LogP contribution is 2.29. The zero-order valence-electron chi connectivity index (χ0n) is 7.79. The summed E-state index contributed by atoms with van der Waals surface area (Å²) >= 11 is 0. The zero-order valence-corrected chi connectivity index (χ0v) is 7.79. The number of aromatic hydroxyl groups is 1. The van der Waals surface area contributed by atoms with Crippen molar-refractivity contribution in [2.45, 2.75) is 19.8 Å². The van der Waals surface area contributed by atoms with Crippen molar-refractivity contribution in [1.82, 2.24) is 0 Å². The van der Waals surface area contributed by atoms with Crippen molar-refractivity contribution in [1.29, 1.82) is 0 Å². The Morgan fingerprint density at radius 3 is 2.92 bits per heavy atom. The number of rotatable bonds is 4. The van der Waals surface area contributed by atoms with Crippen molar-refractivity contribution in [2.75, 3.05) is 12.3 Å². The lowest BCUT2D eigenvalue weighted by molar-refractivity contribution is 0.309. The summed E-state index contributed by atoms with van der Waals surface area (Å²) in [7, 11) is 0. The predicted octanol–water partition coefficient (Wildman–Crippen LogP) is 2.15. The molecule has 1 rings (SSSR count). The van der Waals surface area contributed by atoms with E-state index in [0.29, 0.717) is 18.0 Å². The van der Waals surface area contributed by atoms with Crippen molar-refractivity contribution in [3.05, 3.63) is 18.2 Å². The first kappa shape index (κ1) is 9.71. The van der Waals surface area contributed by atoms with Gasteiger partial charge < -0.3 is 15.6 Å². The van der Waals surface area contributed by atoms with Gasteiger partial charge in [0.15, 0.2) is 0 Å². The van der Waals surface area contributed by atoms with Crippen molar-refractivity contribution in [3.63, 3.8) is 0 Å². The summed E-state index contributed by atoms with van der Waals surface area (Å²) < 4.78 is 5.37. The van der Waals surface area contributed by atoms with Crippen molar-refractivity contribution in [3.8, 4) is 11.5 Å². The zero-order chi connectivity index (χ0) is 9.68. The first-order valence-electron chi connectivity index (χ1n) is 4.46. The van der Waals surface area contributed by atoms with E-state index in [1.54, 1.807) is 18.2 Å². The molecule has 0 saturated carbocycles. The van der Waals surface area contributed by atoms with Crippen LogP contribution in [0.2, 0.25) is 0 Å². The maximum atomic E-state index is 9.25. The normalized spacial score (nSPS) is 9.92. The summed E-state index contributed by atoms with van der Waals surface area (Å²) in [4.78, 5) is 0. The van der Waals surface area contributed by atoms with E-state index in [9.17, 15) is 5.11 Å². The second kappa shape index (κ2) is 4.60. The molecule has 0 fully saturated rings. The number of hydrogen-bond donors (Lipinski definition) is 2. The molecule has 0 aromatic heterocycles. The predicted molar refractivity (Wildman–Crippen MR) is 52.9 cm³/mol. The Bertz CT molecular complexity index is 274. The van der Waals surface area contributed by atoms with Gasteiger partial charge in [0.05, 0.1) is 6.61 Å². The first-order valence-corrected chi connectivity index (χ1v) is 4.46. The average molecular weight is 181 g/mol. The van der Waals surface area contributed by atoms with Crippen molar-refractivity contribution in [2.24, 2.45) is 0 Å². The van der Waals surface area contributed by atoms with Gasteiger partial charge in [0.1, 0.15) is 17.2 Å². The molecule has 0 aliphatic carbocycles. The lowest BCUT2D eigenvalue weighted by atomic mass is 10.3. The van der Waals surface area contributed by atoms with Crippen LogP contribution in [0.4, 0.5) is 5.69 Å². The second-order valence-corrected chi connectivity index (χ2v) is 2.89. The van der Waals surface area contributed by atoms with Crippen LogP contribution in [0.1, 0.15) is 19.8 Å². The largest absolute Gasteiger partial charge is 0.506 e. The summed E-state index contributed by atoms with van der Waals surface area (Å²) in [5.41, 5.74) is 5.91. The SMILES string of the molecule is CCCCOc1cccc(O)c1N. The Morgan fingerprint density at radius 2 is 2.23 bits per heavy atom. The smallest absolute Gasteiger partial charge is 0.145 e. The highest BCUT2D eigenvalue weighted by molar-refractivity contribution is 5.61. The fraction of sp³-hybridized carbons (Fsp3) is 0.400. The molecule has 0 saturated heterocycles. The molecule has 13 heavy (non-hydrogen) atoms. The van der Waals surface area contributed by atoms with Gasteiger partial charge in [0.25, 0.3) is 0 Å². The summed E-state index contributed by atoms with van der Waals surface area (Å²) in [6.45, 7) is 2.74. The van der Waals surface area contributed by atoms with Gasteiger partial charge in [-0.15, -0.1) is 0 Å². The number of ether oxygens (including phenoxy) is 1. The minimum Gasteiger partial charge on any atom is -0.506 e. The molecular weight excluding hydrogens is 166 g/mol. The monoisotopic (exact) mass is 181 g/mol. The highest BCUT2D eigenvalue weighted by Gasteiger charge is 2.03. The van der Waals surface area contributed by atoms with E-state index in [4.69, 9.17) is 10.5 Å². The summed E-state index contributed by atoms with van der Waals surface area (Å²) in [6, 6.07) is 5.01. The van der Waals surface area contributed by atoms with Gasteiger partial charge >= 0.3 is 0 Å². The number of nitrogen functional groups attached to an aromatic ring is 1. The molecule has 0 amide bonds. The van der Waals surface area contributed by atoms with Crippen LogP contribution in [0.3, 0.4) is 0 Å². The molecule has 0 aliphatic heterocycles. The number of nitrogens with two attached hydrogens (primary N) is 1. The van der Waals surface area contributed by atoms with E-state index in [0.717, 1.165) is 12.8 Å². The molecule has 0 atom stereocenters. The third-order valence-electron chi connectivity index (χ3n) is 1.80. The molecule has 1 aromatic rings. The molecule has 0 spiro atoms. The minimum absolute atomic E-state index is 0.0778. The molecule has 3 N–H and O–H groups in total. The topological polar surface area (TPSA) is 55.5 Å². The fourth-order valence-corrected chi connectivity index (χ4v) is 0.985. The molecule has 0 radical (unpaired) electrons. The van der Waals surface area contributed by atoms with Gasteiger partial charge in [0, 0.05) is 0 Å². The summed E-state index contributed by atoms with van der Waals surface area (Å²) in [6.07, 6.45) is 2.08. The quantitative estimate of drug-likeness (QED) is 0.425. The molecule has 0 bridgehead atoms. The lowest BCUT2D eigenvalue weighted by Gasteiger charge is -2.08. The van der Waals surface area contributed by atoms with Crippen molar-refractivity contribution >= 4 is 5.69 Å². The van der Waals surface area contributed by atoms with Gasteiger partial charge in [-0.2, -0.15) is 0 Å². The van der Waals surface area contributed by atoms with E-state index in [1.165, 1.54) is 0 Å². The minimum atomic E-state index is 0.0778. The maximum absolute atomic E-state index is 9.25. The van der Waals surface area contributed by atoms with Gasteiger partial charge in [0.2, 0.25) is 0 Å². The van der Waals surface area contributed by atoms with E-state index in [1.807, 2.05) is 0 Å². The standard InChI is InChI=1S/C10H15NO2/c1-2-3-7-13-9-6-4-5-8(12)10(9)11/h4-6,12H,2-3,7,11H2,1H3. The number of unbranched alkanes of at least 4 members (excludes halogenated alkanes) is 1. The van der Waals surface area contributed by atoms with Crippen LogP contribution < -0.4 is 10.5 Å². The summed E-state index contributed by atoms with van der Waals surface area (Å²) in [5.74, 6) is 0.641. The Morgan fingerprint density at radius 1 is 1.46 bits per heavy atom. The van der Waals surface area contributed by atoms with E-state index in [2.05, 4.69) is 6.92 Å². The lowest BCUT2D eigenvalue weighted by Crippen LogP contribution is -1.99. The maximum Gasteiger partial charge on any atom is 0.145 e. The number of phenolic OH excluding ortho intramolecular Hbond substituents is 1. The number of phenols is 1. The number of hydrogen-bond acceptors (Lipinski definition) is 3. The van der Waals surface area contributed by atoms with E-state index < -0.39 is 0 Å².